The molecule has 3 aromatic rings. The quantitative estimate of drug-likeness (QED) is 0.450. The van der Waals surface area contributed by atoms with Crippen molar-refractivity contribution in [2.45, 2.75) is 47.0 Å². The third-order valence-corrected chi connectivity index (χ3v) is 5.15. The molecule has 176 valence electrons. The summed E-state index contributed by atoms with van der Waals surface area (Å²) >= 11 is 0. The van der Waals surface area contributed by atoms with Crippen molar-refractivity contribution in [1.29, 1.82) is 0 Å². The van der Waals surface area contributed by atoms with Crippen LogP contribution in [0.2, 0.25) is 0 Å². The van der Waals surface area contributed by atoms with E-state index in [2.05, 4.69) is 70.7 Å². The van der Waals surface area contributed by atoms with Crippen molar-refractivity contribution in [3.05, 3.63) is 65.2 Å². The van der Waals surface area contributed by atoms with Crippen molar-refractivity contribution in [1.82, 2.24) is 20.6 Å². The van der Waals surface area contributed by atoms with E-state index in [-0.39, 0.29) is 18.1 Å². The summed E-state index contributed by atoms with van der Waals surface area (Å²) in [7, 11) is 0. The molecule has 1 heterocycles. The van der Waals surface area contributed by atoms with E-state index in [1.165, 1.54) is 12.1 Å². The smallest absolute Gasteiger partial charge is 0.228 e. The van der Waals surface area contributed by atoms with Gasteiger partial charge in [-0.2, -0.15) is 5.21 Å². The van der Waals surface area contributed by atoms with Gasteiger partial charge in [0.1, 0.15) is 5.82 Å². The van der Waals surface area contributed by atoms with Gasteiger partial charge in [0.25, 0.3) is 0 Å². The molecular formula is C25H33FN6O. The average molecular weight is 453 g/mol. The summed E-state index contributed by atoms with van der Waals surface area (Å²) in [6.07, 6.45) is 1.57. The van der Waals surface area contributed by atoms with Crippen LogP contribution in [-0.2, 0) is 24.1 Å². The number of carbonyl (C=O) groups is 1. The minimum Gasteiger partial charge on any atom is -0.369 e. The van der Waals surface area contributed by atoms with Crippen LogP contribution in [0.15, 0.2) is 42.5 Å². The summed E-state index contributed by atoms with van der Waals surface area (Å²) < 4.78 is 13.2. The number of rotatable bonds is 11. The third-order valence-electron chi connectivity index (χ3n) is 5.15. The van der Waals surface area contributed by atoms with Crippen LogP contribution in [0.5, 0.6) is 0 Å². The zero-order valence-corrected chi connectivity index (χ0v) is 19.8. The number of benzene rings is 2. The highest BCUT2D eigenvalue weighted by molar-refractivity contribution is 5.95. The molecule has 0 saturated heterocycles. The molecule has 1 aromatic heterocycles. The topological polar surface area (TPSA) is 86.8 Å². The Morgan fingerprint density at radius 1 is 1.00 bits per heavy atom. The Bertz CT molecular complexity index is 1010. The van der Waals surface area contributed by atoms with Crippen molar-refractivity contribution in [3.63, 3.8) is 0 Å². The van der Waals surface area contributed by atoms with Gasteiger partial charge >= 0.3 is 0 Å². The zero-order valence-electron chi connectivity index (χ0n) is 19.8. The average Bonchev–Trinajstić information content (AvgIpc) is 3.26. The summed E-state index contributed by atoms with van der Waals surface area (Å²) in [6.45, 7) is 10.6. The molecule has 0 atom stereocenters. The lowest BCUT2D eigenvalue weighted by atomic mass is 10.0. The number of aryl methyl sites for hydroxylation is 2. The van der Waals surface area contributed by atoms with Gasteiger partial charge in [0.2, 0.25) is 5.91 Å². The van der Waals surface area contributed by atoms with Gasteiger partial charge in [-0.1, -0.05) is 51.1 Å². The standard InChI is InChI=1S/C25H33FN6O/c1-17(2)15-32(16-18(3)4)23-11-7-19(8-12-24-28-30-31-29-24)13-22(23)27-25(33)14-20-5-9-21(26)10-6-20/h5-7,9-11,13,17-18H,8,12,14-16H2,1-4H3,(H,27,33)(H,28,29,30,31). The SMILES string of the molecule is CC(C)CN(CC(C)C)c1ccc(CCc2nn[nH]n2)cc1NC(=O)Cc1ccc(F)cc1. The number of tetrazole rings is 1. The number of H-pyrrole nitrogens is 1. The van der Waals surface area contributed by atoms with E-state index in [1.54, 1.807) is 12.1 Å². The highest BCUT2D eigenvalue weighted by atomic mass is 19.1. The number of nitrogens with zero attached hydrogens (tertiary/aromatic N) is 4. The molecule has 3 rings (SSSR count). The van der Waals surface area contributed by atoms with Crippen molar-refractivity contribution in [2.24, 2.45) is 11.8 Å². The lowest BCUT2D eigenvalue weighted by molar-refractivity contribution is -0.115. The number of halogens is 1. The van der Waals surface area contributed by atoms with E-state index in [4.69, 9.17) is 0 Å². The first-order valence-corrected chi connectivity index (χ1v) is 11.4. The second-order valence-electron chi connectivity index (χ2n) is 9.22. The molecule has 1 amide bonds. The van der Waals surface area contributed by atoms with E-state index in [9.17, 15) is 9.18 Å². The van der Waals surface area contributed by atoms with E-state index >= 15 is 0 Å². The molecule has 2 aromatic carbocycles. The van der Waals surface area contributed by atoms with Crippen LogP contribution in [0, 0.1) is 17.7 Å². The van der Waals surface area contributed by atoms with Crippen LogP contribution in [-0.4, -0.2) is 39.6 Å². The number of hydrogen-bond donors (Lipinski definition) is 2. The summed E-state index contributed by atoms with van der Waals surface area (Å²) in [5.74, 6) is 1.16. The van der Waals surface area contributed by atoms with Crippen LogP contribution < -0.4 is 10.2 Å². The Kier molecular flexibility index (Phi) is 8.52. The first-order valence-electron chi connectivity index (χ1n) is 11.4. The molecule has 8 heteroatoms. The van der Waals surface area contributed by atoms with Crippen LogP contribution in [0.1, 0.15) is 44.6 Å². The van der Waals surface area contributed by atoms with Gasteiger partial charge in [0.05, 0.1) is 17.8 Å². The second kappa shape index (κ2) is 11.5. The Morgan fingerprint density at radius 2 is 1.67 bits per heavy atom. The lowest BCUT2D eigenvalue weighted by Crippen LogP contribution is -2.32. The lowest BCUT2D eigenvalue weighted by Gasteiger charge is -2.30. The molecule has 0 radical (unpaired) electrons. The first kappa shape index (κ1) is 24.4. The third kappa shape index (κ3) is 7.66. The number of aromatic amines is 1. The van der Waals surface area contributed by atoms with Gasteiger partial charge in [-0.05, 0) is 53.6 Å². The van der Waals surface area contributed by atoms with Crippen LogP contribution in [0.25, 0.3) is 0 Å². The minimum absolute atomic E-state index is 0.132. The fraction of sp³-hybridized carbons (Fsp3) is 0.440. The van der Waals surface area contributed by atoms with Crippen LogP contribution in [0.4, 0.5) is 15.8 Å². The molecule has 0 bridgehead atoms. The Balaban J connectivity index is 1.84. The number of anilines is 2. The second-order valence-corrected chi connectivity index (χ2v) is 9.22. The number of amides is 1. The van der Waals surface area contributed by atoms with Gasteiger partial charge in [0, 0.05) is 19.5 Å². The van der Waals surface area contributed by atoms with Crippen LogP contribution >= 0.6 is 0 Å². The molecule has 0 unspecified atom stereocenters. The Hall–Kier alpha value is -3.29. The van der Waals surface area contributed by atoms with E-state index < -0.39 is 0 Å². The maximum atomic E-state index is 13.2. The fourth-order valence-corrected chi connectivity index (χ4v) is 3.79. The molecular weight excluding hydrogens is 419 g/mol. The molecule has 0 fully saturated rings. The van der Waals surface area contributed by atoms with Crippen molar-refractivity contribution < 1.29 is 9.18 Å². The van der Waals surface area contributed by atoms with Crippen LogP contribution in [0.3, 0.4) is 0 Å². The first-order chi connectivity index (χ1) is 15.8. The monoisotopic (exact) mass is 452 g/mol. The number of carbonyl (C=O) groups excluding carboxylic acids is 1. The normalized spacial score (nSPS) is 11.2. The molecule has 33 heavy (non-hydrogen) atoms. The number of hydrogen-bond acceptors (Lipinski definition) is 5. The zero-order chi connectivity index (χ0) is 23.8. The molecule has 0 aliphatic carbocycles. The highest BCUT2D eigenvalue weighted by Crippen LogP contribution is 2.30. The predicted molar refractivity (Wildman–Crippen MR) is 129 cm³/mol. The van der Waals surface area contributed by atoms with Gasteiger partial charge in [0.15, 0.2) is 5.82 Å². The fourth-order valence-electron chi connectivity index (χ4n) is 3.79. The molecule has 0 saturated carbocycles. The summed E-state index contributed by atoms with van der Waals surface area (Å²) in [5.41, 5.74) is 3.64. The Labute approximate surface area is 194 Å². The summed E-state index contributed by atoms with van der Waals surface area (Å²) in [4.78, 5) is 15.2. The van der Waals surface area contributed by atoms with Crippen molar-refractivity contribution >= 4 is 17.3 Å². The summed E-state index contributed by atoms with van der Waals surface area (Å²) in [6, 6.07) is 12.2. The molecule has 2 N–H and O–H groups in total. The molecule has 7 nitrogen and oxygen atoms in total. The van der Waals surface area contributed by atoms with Crippen molar-refractivity contribution in [2.75, 3.05) is 23.3 Å². The minimum atomic E-state index is -0.311. The van der Waals surface area contributed by atoms with Gasteiger partial charge in [-0.25, -0.2) is 4.39 Å². The largest absolute Gasteiger partial charge is 0.369 e. The van der Waals surface area contributed by atoms with Crippen molar-refractivity contribution in [3.8, 4) is 0 Å². The summed E-state index contributed by atoms with van der Waals surface area (Å²) in [5, 5.41) is 17.2. The molecule has 0 spiro atoms. The van der Waals surface area contributed by atoms with Gasteiger partial charge in [-0.15, -0.1) is 10.2 Å². The predicted octanol–water partition coefficient (Wildman–Crippen LogP) is 4.42. The van der Waals surface area contributed by atoms with Gasteiger partial charge in [-0.3, -0.25) is 4.79 Å². The van der Waals surface area contributed by atoms with E-state index in [0.717, 1.165) is 42.0 Å². The number of aromatic nitrogens is 4. The number of nitrogens with one attached hydrogen (secondary N) is 2. The highest BCUT2D eigenvalue weighted by Gasteiger charge is 2.17. The maximum absolute atomic E-state index is 13.2. The maximum Gasteiger partial charge on any atom is 0.228 e. The van der Waals surface area contributed by atoms with E-state index in [1.807, 2.05) is 6.07 Å². The molecule has 0 aliphatic heterocycles. The van der Waals surface area contributed by atoms with Gasteiger partial charge < -0.3 is 10.2 Å². The Morgan fingerprint density at radius 3 is 2.27 bits per heavy atom. The molecule has 0 aliphatic rings. The van der Waals surface area contributed by atoms with E-state index in [0.29, 0.717) is 24.1 Å².